The first-order valence-electron chi connectivity index (χ1n) is 5.81. The fraction of sp³-hybridized carbons (Fsp3) is 0.154. The first-order chi connectivity index (χ1) is 9.50. The SMILES string of the molecule is CCOc1ccccc1Oc1ccc(S(=O)(=O)Cl)cn1. The molecule has 0 N–H and O–H groups in total. The molecular formula is C13H12ClNO4S. The van der Waals surface area contributed by atoms with Crippen LogP contribution in [0.2, 0.25) is 0 Å². The third kappa shape index (κ3) is 3.61. The van der Waals surface area contributed by atoms with Gasteiger partial charge in [0.15, 0.2) is 11.5 Å². The van der Waals surface area contributed by atoms with Crippen LogP contribution in [0.3, 0.4) is 0 Å². The molecule has 106 valence electrons. The van der Waals surface area contributed by atoms with Crippen LogP contribution in [0.1, 0.15) is 6.92 Å². The lowest BCUT2D eigenvalue weighted by Gasteiger charge is -2.10. The largest absolute Gasteiger partial charge is 0.490 e. The van der Waals surface area contributed by atoms with E-state index in [1.54, 1.807) is 18.2 Å². The maximum atomic E-state index is 11.1. The van der Waals surface area contributed by atoms with Crippen LogP contribution in [0.25, 0.3) is 0 Å². The Kier molecular flexibility index (Phi) is 4.46. The normalized spacial score (nSPS) is 11.1. The third-order valence-corrected chi connectivity index (χ3v) is 3.69. The topological polar surface area (TPSA) is 65.5 Å². The number of nitrogens with zero attached hydrogens (tertiary/aromatic N) is 1. The van der Waals surface area contributed by atoms with Gasteiger partial charge in [-0.2, -0.15) is 0 Å². The van der Waals surface area contributed by atoms with Gasteiger partial charge in [-0.25, -0.2) is 13.4 Å². The summed E-state index contributed by atoms with van der Waals surface area (Å²) in [5, 5.41) is 0. The molecule has 1 aromatic heterocycles. The van der Waals surface area contributed by atoms with Crippen LogP contribution in [0, 0.1) is 0 Å². The van der Waals surface area contributed by atoms with Crippen molar-refractivity contribution in [2.24, 2.45) is 0 Å². The van der Waals surface area contributed by atoms with E-state index in [1.165, 1.54) is 12.1 Å². The minimum atomic E-state index is -3.78. The predicted molar refractivity (Wildman–Crippen MR) is 75.0 cm³/mol. The molecule has 0 radical (unpaired) electrons. The molecule has 0 atom stereocenters. The van der Waals surface area contributed by atoms with Crippen molar-refractivity contribution in [3.05, 3.63) is 42.6 Å². The highest BCUT2D eigenvalue weighted by molar-refractivity contribution is 8.13. The molecule has 0 spiro atoms. The molecule has 0 aliphatic carbocycles. The number of halogens is 1. The Hall–Kier alpha value is -1.79. The molecule has 2 rings (SSSR count). The van der Waals surface area contributed by atoms with Crippen molar-refractivity contribution in [3.63, 3.8) is 0 Å². The van der Waals surface area contributed by atoms with Gasteiger partial charge in [0.1, 0.15) is 4.90 Å². The van der Waals surface area contributed by atoms with Crippen molar-refractivity contribution in [3.8, 4) is 17.4 Å². The highest BCUT2D eigenvalue weighted by Crippen LogP contribution is 2.30. The summed E-state index contributed by atoms with van der Waals surface area (Å²) in [6.45, 7) is 2.38. The average molecular weight is 314 g/mol. The summed E-state index contributed by atoms with van der Waals surface area (Å²) in [6, 6.07) is 9.89. The molecule has 0 aliphatic rings. The molecule has 7 heteroatoms. The van der Waals surface area contributed by atoms with E-state index in [-0.39, 0.29) is 10.8 Å². The lowest BCUT2D eigenvalue weighted by molar-refractivity contribution is 0.319. The van der Waals surface area contributed by atoms with Gasteiger partial charge in [0.25, 0.3) is 9.05 Å². The third-order valence-electron chi connectivity index (χ3n) is 2.35. The maximum absolute atomic E-state index is 11.1. The van der Waals surface area contributed by atoms with Gasteiger partial charge in [-0.05, 0) is 25.1 Å². The van der Waals surface area contributed by atoms with Gasteiger partial charge in [0.05, 0.1) is 12.8 Å². The second kappa shape index (κ2) is 6.11. The summed E-state index contributed by atoms with van der Waals surface area (Å²) < 4.78 is 33.2. The molecule has 20 heavy (non-hydrogen) atoms. The standard InChI is InChI=1S/C13H12ClNO4S/c1-2-18-11-5-3-4-6-12(11)19-13-8-7-10(9-15-13)20(14,16)17/h3-9H,2H2,1H3. The van der Waals surface area contributed by atoms with Gasteiger partial charge in [-0.1, -0.05) is 12.1 Å². The maximum Gasteiger partial charge on any atom is 0.262 e. The van der Waals surface area contributed by atoms with Crippen molar-refractivity contribution < 1.29 is 17.9 Å². The van der Waals surface area contributed by atoms with E-state index in [0.29, 0.717) is 18.1 Å². The summed E-state index contributed by atoms with van der Waals surface area (Å²) in [4.78, 5) is 3.82. The quantitative estimate of drug-likeness (QED) is 0.793. The molecule has 0 unspecified atom stereocenters. The molecule has 1 heterocycles. The van der Waals surface area contributed by atoms with Crippen LogP contribution in [-0.4, -0.2) is 20.0 Å². The summed E-state index contributed by atoms with van der Waals surface area (Å²) in [5.41, 5.74) is 0. The second-order valence-corrected chi connectivity index (χ2v) is 6.32. The lowest BCUT2D eigenvalue weighted by Crippen LogP contribution is -1.96. The summed E-state index contributed by atoms with van der Waals surface area (Å²) in [6.07, 6.45) is 1.14. The number of benzene rings is 1. The van der Waals surface area contributed by atoms with Gasteiger partial charge < -0.3 is 9.47 Å². The number of hydrogen-bond donors (Lipinski definition) is 0. The Morgan fingerprint density at radius 2 is 1.85 bits per heavy atom. The van der Waals surface area contributed by atoms with Gasteiger partial charge in [-0.15, -0.1) is 0 Å². The van der Waals surface area contributed by atoms with Crippen LogP contribution in [0.4, 0.5) is 0 Å². The average Bonchev–Trinajstić information content (AvgIpc) is 2.41. The number of rotatable bonds is 5. The van der Waals surface area contributed by atoms with Crippen molar-refractivity contribution >= 4 is 19.7 Å². The van der Waals surface area contributed by atoms with Crippen molar-refractivity contribution in [1.29, 1.82) is 0 Å². The van der Waals surface area contributed by atoms with E-state index in [9.17, 15) is 8.42 Å². The van der Waals surface area contributed by atoms with E-state index in [2.05, 4.69) is 4.98 Å². The van der Waals surface area contributed by atoms with Crippen LogP contribution >= 0.6 is 10.7 Å². The Bertz CT molecular complexity index is 686. The Morgan fingerprint density at radius 1 is 1.15 bits per heavy atom. The fourth-order valence-electron chi connectivity index (χ4n) is 1.49. The van der Waals surface area contributed by atoms with Crippen LogP contribution in [0.5, 0.6) is 17.4 Å². The van der Waals surface area contributed by atoms with E-state index in [0.717, 1.165) is 6.20 Å². The Morgan fingerprint density at radius 3 is 2.40 bits per heavy atom. The molecular weight excluding hydrogens is 302 g/mol. The highest BCUT2D eigenvalue weighted by atomic mass is 35.7. The molecule has 0 saturated carbocycles. The molecule has 5 nitrogen and oxygen atoms in total. The zero-order valence-corrected chi connectivity index (χ0v) is 12.2. The second-order valence-electron chi connectivity index (χ2n) is 3.75. The Labute approximate surface area is 121 Å². The first-order valence-corrected chi connectivity index (χ1v) is 8.12. The number of pyridine rings is 1. The number of para-hydroxylation sites is 2. The molecule has 0 amide bonds. The molecule has 2 aromatic rings. The smallest absolute Gasteiger partial charge is 0.262 e. The van der Waals surface area contributed by atoms with Gasteiger partial charge in [0, 0.05) is 16.7 Å². The van der Waals surface area contributed by atoms with E-state index >= 15 is 0 Å². The molecule has 1 aromatic carbocycles. The zero-order chi connectivity index (χ0) is 14.6. The summed E-state index contributed by atoms with van der Waals surface area (Å²) >= 11 is 0. The van der Waals surface area contributed by atoms with E-state index < -0.39 is 9.05 Å². The Balaban J connectivity index is 2.22. The monoisotopic (exact) mass is 313 g/mol. The van der Waals surface area contributed by atoms with E-state index in [1.807, 2.05) is 13.0 Å². The van der Waals surface area contributed by atoms with Gasteiger partial charge in [-0.3, -0.25) is 0 Å². The zero-order valence-electron chi connectivity index (χ0n) is 10.6. The number of ether oxygens (including phenoxy) is 2. The fourth-order valence-corrected chi connectivity index (χ4v) is 2.18. The van der Waals surface area contributed by atoms with Crippen LogP contribution in [0.15, 0.2) is 47.5 Å². The van der Waals surface area contributed by atoms with Crippen LogP contribution in [-0.2, 0) is 9.05 Å². The van der Waals surface area contributed by atoms with Crippen molar-refractivity contribution in [2.45, 2.75) is 11.8 Å². The highest BCUT2D eigenvalue weighted by Gasteiger charge is 2.11. The predicted octanol–water partition coefficient (Wildman–Crippen LogP) is 3.20. The molecule has 0 aliphatic heterocycles. The number of aromatic nitrogens is 1. The summed E-state index contributed by atoms with van der Waals surface area (Å²) in [5.74, 6) is 1.34. The molecule has 0 fully saturated rings. The number of hydrogen-bond acceptors (Lipinski definition) is 5. The van der Waals surface area contributed by atoms with Gasteiger partial charge >= 0.3 is 0 Å². The molecule has 0 bridgehead atoms. The minimum absolute atomic E-state index is 0.0791. The van der Waals surface area contributed by atoms with Gasteiger partial charge in [0.2, 0.25) is 5.88 Å². The minimum Gasteiger partial charge on any atom is -0.490 e. The molecule has 0 saturated heterocycles. The van der Waals surface area contributed by atoms with Crippen molar-refractivity contribution in [2.75, 3.05) is 6.61 Å². The first kappa shape index (κ1) is 14.6. The summed E-state index contributed by atoms with van der Waals surface area (Å²) in [7, 11) is 1.43. The van der Waals surface area contributed by atoms with E-state index in [4.69, 9.17) is 20.2 Å². The lowest BCUT2D eigenvalue weighted by atomic mass is 10.3. The van der Waals surface area contributed by atoms with Crippen LogP contribution < -0.4 is 9.47 Å². The van der Waals surface area contributed by atoms with Crippen molar-refractivity contribution in [1.82, 2.24) is 4.98 Å².